The molecule has 0 bridgehead atoms. The SMILES string of the molecule is CC(C)(C)NC(=O)[C@H](Cc1ccccc1)N(Cc1ccc(Br)cc1)C(=O)CSc1ccc(Cl)cc1. The lowest BCUT2D eigenvalue weighted by Gasteiger charge is -2.34. The first-order valence-corrected chi connectivity index (χ1v) is 13.5. The van der Waals surface area contributed by atoms with Gasteiger partial charge in [0.15, 0.2) is 0 Å². The third-order valence-electron chi connectivity index (χ3n) is 5.21. The predicted octanol–water partition coefficient (Wildman–Crippen LogP) is 6.75. The molecule has 2 amide bonds. The van der Waals surface area contributed by atoms with Crippen molar-refractivity contribution in [1.82, 2.24) is 10.2 Å². The Balaban J connectivity index is 1.91. The minimum absolute atomic E-state index is 0.0992. The second-order valence-corrected chi connectivity index (χ2v) is 11.7. The minimum Gasteiger partial charge on any atom is -0.350 e. The standard InChI is InChI=1S/C28H30BrClN2O2S/c1-28(2,3)31-27(34)25(17-20-7-5-4-6-8-20)32(18-21-9-11-22(29)12-10-21)26(33)19-35-24-15-13-23(30)14-16-24/h4-16,25H,17-19H2,1-3H3,(H,31,34)/t25-/m0/s1. The van der Waals surface area contributed by atoms with Crippen LogP contribution in [0, 0.1) is 0 Å². The molecule has 0 unspecified atom stereocenters. The van der Waals surface area contributed by atoms with Crippen molar-refractivity contribution in [3.63, 3.8) is 0 Å². The zero-order chi connectivity index (χ0) is 25.4. The molecule has 0 aliphatic rings. The molecule has 0 heterocycles. The van der Waals surface area contributed by atoms with E-state index >= 15 is 0 Å². The second kappa shape index (κ2) is 12.6. The van der Waals surface area contributed by atoms with Gasteiger partial charge in [-0.1, -0.05) is 70.0 Å². The van der Waals surface area contributed by atoms with E-state index in [2.05, 4.69) is 21.2 Å². The number of nitrogens with zero attached hydrogens (tertiary/aromatic N) is 1. The fourth-order valence-electron chi connectivity index (χ4n) is 3.55. The van der Waals surface area contributed by atoms with Crippen molar-refractivity contribution < 1.29 is 9.59 Å². The number of benzene rings is 3. The van der Waals surface area contributed by atoms with E-state index in [0.717, 1.165) is 20.5 Å². The highest BCUT2D eigenvalue weighted by molar-refractivity contribution is 9.10. The summed E-state index contributed by atoms with van der Waals surface area (Å²) < 4.78 is 0.962. The molecule has 184 valence electrons. The van der Waals surface area contributed by atoms with E-state index in [-0.39, 0.29) is 17.6 Å². The van der Waals surface area contributed by atoms with Crippen LogP contribution in [-0.2, 0) is 22.6 Å². The number of halogens is 2. The first-order valence-electron chi connectivity index (χ1n) is 11.4. The first kappa shape index (κ1) is 27.3. The maximum absolute atomic E-state index is 13.6. The molecule has 35 heavy (non-hydrogen) atoms. The van der Waals surface area contributed by atoms with E-state index in [4.69, 9.17) is 11.6 Å². The van der Waals surface area contributed by atoms with Gasteiger partial charge in [-0.05, 0) is 68.3 Å². The van der Waals surface area contributed by atoms with Crippen LogP contribution in [0.15, 0.2) is 88.2 Å². The quantitative estimate of drug-likeness (QED) is 0.288. The summed E-state index contributed by atoms with van der Waals surface area (Å²) >= 11 is 10.9. The van der Waals surface area contributed by atoms with Gasteiger partial charge in [0.1, 0.15) is 6.04 Å². The lowest BCUT2D eigenvalue weighted by atomic mass is 10.0. The van der Waals surface area contributed by atoms with Gasteiger partial charge in [-0.15, -0.1) is 11.8 Å². The number of nitrogens with one attached hydrogen (secondary N) is 1. The molecule has 1 atom stereocenters. The molecule has 3 aromatic rings. The fourth-order valence-corrected chi connectivity index (χ4v) is 4.73. The first-order chi connectivity index (χ1) is 16.6. The van der Waals surface area contributed by atoms with Gasteiger partial charge in [0.05, 0.1) is 5.75 Å². The molecule has 0 spiro atoms. The summed E-state index contributed by atoms with van der Waals surface area (Å²) in [5.74, 6) is -0.0483. The zero-order valence-corrected chi connectivity index (χ0v) is 23.3. The van der Waals surface area contributed by atoms with Gasteiger partial charge in [0.2, 0.25) is 11.8 Å². The van der Waals surface area contributed by atoms with Crippen molar-refractivity contribution in [2.75, 3.05) is 5.75 Å². The van der Waals surface area contributed by atoms with E-state index in [1.165, 1.54) is 11.8 Å². The van der Waals surface area contributed by atoms with Crippen LogP contribution in [-0.4, -0.2) is 34.0 Å². The van der Waals surface area contributed by atoms with Crippen LogP contribution >= 0.6 is 39.3 Å². The van der Waals surface area contributed by atoms with Crippen LogP contribution in [0.5, 0.6) is 0 Å². The number of rotatable bonds is 9. The predicted molar refractivity (Wildman–Crippen MR) is 149 cm³/mol. The highest BCUT2D eigenvalue weighted by Crippen LogP contribution is 2.23. The smallest absolute Gasteiger partial charge is 0.243 e. The van der Waals surface area contributed by atoms with Crippen LogP contribution < -0.4 is 5.32 Å². The third-order valence-corrected chi connectivity index (χ3v) is 6.99. The number of thioether (sulfide) groups is 1. The summed E-state index contributed by atoms with van der Waals surface area (Å²) in [4.78, 5) is 29.8. The molecule has 3 aromatic carbocycles. The monoisotopic (exact) mass is 572 g/mol. The third kappa shape index (κ3) is 9.02. The number of hydrogen-bond donors (Lipinski definition) is 1. The summed E-state index contributed by atoms with van der Waals surface area (Å²) in [6, 6.07) is 24.4. The largest absolute Gasteiger partial charge is 0.350 e. The maximum Gasteiger partial charge on any atom is 0.243 e. The Kier molecular flexibility index (Phi) is 9.84. The van der Waals surface area contributed by atoms with Crippen molar-refractivity contribution >= 4 is 51.1 Å². The Morgan fingerprint density at radius 2 is 1.57 bits per heavy atom. The van der Waals surface area contributed by atoms with Gasteiger partial charge >= 0.3 is 0 Å². The van der Waals surface area contributed by atoms with Crippen molar-refractivity contribution in [3.8, 4) is 0 Å². The van der Waals surface area contributed by atoms with Gasteiger partial charge in [-0.3, -0.25) is 9.59 Å². The van der Waals surface area contributed by atoms with Crippen LogP contribution in [0.4, 0.5) is 0 Å². The Bertz CT molecular complexity index is 1120. The maximum atomic E-state index is 13.6. The zero-order valence-electron chi connectivity index (χ0n) is 20.1. The molecule has 3 rings (SSSR count). The van der Waals surface area contributed by atoms with E-state index < -0.39 is 11.6 Å². The molecule has 7 heteroatoms. The molecule has 4 nitrogen and oxygen atoms in total. The Morgan fingerprint density at radius 3 is 2.17 bits per heavy atom. The van der Waals surface area contributed by atoms with Gasteiger partial charge < -0.3 is 10.2 Å². The Labute approximate surface area is 225 Å². The highest BCUT2D eigenvalue weighted by Gasteiger charge is 2.32. The summed E-state index contributed by atoms with van der Waals surface area (Å²) in [5.41, 5.74) is 1.54. The number of hydrogen-bond acceptors (Lipinski definition) is 3. The molecule has 0 aliphatic carbocycles. The van der Waals surface area contributed by atoms with Crippen molar-refractivity contribution in [2.45, 2.75) is 50.2 Å². The molecule has 0 saturated carbocycles. The van der Waals surface area contributed by atoms with Gasteiger partial charge in [0.25, 0.3) is 0 Å². The van der Waals surface area contributed by atoms with Gasteiger partial charge in [-0.25, -0.2) is 0 Å². The second-order valence-electron chi connectivity index (χ2n) is 9.34. The summed E-state index contributed by atoms with van der Waals surface area (Å²) in [6.07, 6.45) is 0.427. The Hall–Kier alpha value is -2.28. The molecular formula is C28H30BrClN2O2S. The normalized spacial score (nSPS) is 12.1. The van der Waals surface area contributed by atoms with Gasteiger partial charge in [-0.2, -0.15) is 0 Å². The molecule has 0 aromatic heterocycles. The van der Waals surface area contributed by atoms with E-state index in [1.54, 1.807) is 4.90 Å². The molecule has 0 saturated heterocycles. The molecular weight excluding hydrogens is 544 g/mol. The van der Waals surface area contributed by atoms with Crippen molar-refractivity contribution in [3.05, 3.63) is 99.5 Å². The van der Waals surface area contributed by atoms with Crippen LogP contribution in [0.1, 0.15) is 31.9 Å². The van der Waals surface area contributed by atoms with Crippen LogP contribution in [0.2, 0.25) is 5.02 Å². The van der Waals surface area contributed by atoms with Crippen molar-refractivity contribution in [2.24, 2.45) is 0 Å². The lowest BCUT2D eigenvalue weighted by Crippen LogP contribution is -2.54. The summed E-state index contributed by atoms with van der Waals surface area (Å²) in [7, 11) is 0. The van der Waals surface area contributed by atoms with Crippen molar-refractivity contribution in [1.29, 1.82) is 0 Å². The average Bonchev–Trinajstić information content (AvgIpc) is 2.81. The summed E-state index contributed by atoms with van der Waals surface area (Å²) in [5, 5.41) is 3.74. The Morgan fingerprint density at radius 1 is 0.943 bits per heavy atom. The average molecular weight is 574 g/mol. The van der Waals surface area contributed by atoms with E-state index in [0.29, 0.717) is 18.0 Å². The number of amides is 2. The topological polar surface area (TPSA) is 49.4 Å². The van der Waals surface area contributed by atoms with E-state index in [9.17, 15) is 9.59 Å². The number of carbonyl (C=O) groups excluding carboxylic acids is 2. The lowest BCUT2D eigenvalue weighted by molar-refractivity contribution is -0.140. The van der Waals surface area contributed by atoms with Crippen LogP contribution in [0.25, 0.3) is 0 Å². The fraction of sp³-hybridized carbons (Fsp3) is 0.286. The molecule has 1 N–H and O–H groups in total. The number of carbonyl (C=O) groups is 2. The molecule has 0 fully saturated rings. The minimum atomic E-state index is -0.654. The molecule has 0 radical (unpaired) electrons. The molecule has 0 aliphatic heterocycles. The van der Waals surface area contributed by atoms with Crippen LogP contribution in [0.3, 0.4) is 0 Å². The highest BCUT2D eigenvalue weighted by atomic mass is 79.9. The summed E-state index contributed by atoms with van der Waals surface area (Å²) in [6.45, 7) is 6.17. The van der Waals surface area contributed by atoms with E-state index in [1.807, 2.05) is 99.6 Å². The van der Waals surface area contributed by atoms with Gasteiger partial charge in [0, 0.05) is 32.9 Å².